The van der Waals surface area contributed by atoms with E-state index in [0.717, 1.165) is 19.7 Å². The predicted molar refractivity (Wildman–Crippen MR) is 68.8 cm³/mol. The van der Waals surface area contributed by atoms with E-state index >= 15 is 0 Å². The fourth-order valence-electron chi connectivity index (χ4n) is 2.72. The Bertz CT molecular complexity index is 179. The van der Waals surface area contributed by atoms with Gasteiger partial charge in [-0.25, -0.2) is 0 Å². The molecule has 1 saturated heterocycles. The molecule has 1 aliphatic heterocycles. The summed E-state index contributed by atoms with van der Waals surface area (Å²) in [6.07, 6.45) is 2.63. The highest BCUT2D eigenvalue weighted by molar-refractivity contribution is 4.84. The quantitative estimate of drug-likeness (QED) is 0.749. The molecule has 2 unspecified atom stereocenters. The number of ether oxygens (including phenoxy) is 1. The second kappa shape index (κ2) is 7.25. The second-order valence-corrected chi connectivity index (χ2v) is 5.10. The highest BCUT2D eigenvalue weighted by atomic mass is 16.5. The standard InChI is InChI=1S/C13H28N2O/c1-5-15(12-7-6-8-14-9-12)13(10-16-4)11(2)3/h11-14H,5-10H2,1-4H3. The van der Waals surface area contributed by atoms with Crippen LogP contribution >= 0.6 is 0 Å². The number of rotatable bonds is 6. The van der Waals surface area contributed by atoms with E-state index in [-0.39, 0.29) is 0 Å². The van der Waals surface area contributed by atoms with E-state index in [4.69, 9.17) is 4.74 Å². The van der Waals surface area contributed by atoms with E-state index in [1.54, 1.807) is 0 Å². The summed E-state index contributed by atoms with van der Waals surface area (Å²) in [6, 6.07) is 1.25. The van der Waals surface area contributed by atoms with Gasteiger partial charge in [-0.3, -0.25) is 4.90 Å². The number of hydrogen-bond acceptors (Lipinski definition) is 3. The minimum Gasteiger partial charge on any atom is -0.383 e. The monoisotopic (exact) mass is 228 g/mol. The molecule has 0 amide bonds. The molecule has 96 valence electrons. The Morgan fingerprint density at radius 3 is 2.62 bits per heavy atom. The molecule has 0 spiro atoms. The molecular weight excluding hydrogens is 200 g/mol. The molecule has 1 fully saturated rings. The average Bonchev–Trinajstić information content (AvgIpc) is 2.30. The Hall–Kier alpha value is -0.120. The van der Waals surface area contributed by atoms with Crippen LogP contribution in [0.1, 0.15) is 33.6 Å². The third kappa shape index (κ3) is 3.72. The number of nitrogens with one attached hydrogen (secondary N) is 1. The number of likely N-dealkylation sites (N-methyl/N-ethyl adjacent to an activating group) is 1. The summed E-state index contributed by atoms with van der Waals surface area (Å²) in [7, 11) is 1.81. The average molecular weight is 228 g/mol. The van der Waals surface area contributed by atoms with E-state index in [0.29, 0.717) is 18.0 Å². The van der Waals surface area contributed by atoms with Gasteiger partial charge in [-0.1, -0.05) is 20.8 Å². The molecule has 1 rings (SSSR count). The van der Waals surface area contributed by atoms with Crippen molar-refractivity contribution in [3.63, 3.8) is 0 Å². The van der Waals surface area contributed by atoms with Crippen molar-refractivity contribution >= 4 is 0 Å². The van der Waals surface area contributed by atoms with E-state index in [1.807, 2.05) is 7.11 Å². The normalized spacial score (nSPS) is 24.0. The summed E-state index contributed by atoms with van der Waals surface area (Å²) in [5.74, 6) is 0.654. The summed E-state index contributed by atoms with van der Waals surface area (Å²) in [6.45, 7) is 11.1. The Kier molecular flexibility index (Phi) is 6.32. The van der Waals surface area contributed by atoms with Crippen LogP contribution in [0.3, 0.4) is 0 Å². The third-order valence-electron chi connectivity index (χ3n) is 3.64. The predicted octanol–water partition coefficient (Wildman–Crippen LogP) is 1.73. The van der Waals surface area contributed by atoms with Crippen LogP contribution in [0.15, 0.2) is 0 Å². The fourth-order valence-corrected chi connectivity index (χ4v) is 2.72. The lowest BCUT2D eigenvalue weighted by Gasteiger charge is -2.41. The van der Waals surface area contributed by atoms with Gasteiger partial charge in [-0.05, 0) is 31.8 Å². The summed E-state index contributed by atoms with van der Waals surface area (Å²) < 4.78 is 5.38. The lowest BCUT2D eigenvalue weighted by atomic mass is 9.98. The maximum atomic E-state index is 5.38. The van der Waals surface area contributed by atoms with Crippen molar-refractivity contribution in [2.45, 2.75) is 45.7 Å². The van der Waals surface area contributed by atoms with Crippen molar-refractivity contribution in [2.24, 2.45) is 5.92 Å². The fraction of sp³-hybridized carbons (Fsp3) is 1.00. The summed E-state index contributed by atoms with van der Waals surface area (Å²) in [5, 5.41) is 3.50. The zero-order valence-corrected chi connectivity index (χ0v) is 11.3. The smallest absolute Gasteiger partial charge is 0.0620 e. The van der Waals surface area contributed by atoms with Gasteiger partial charge in [-0.2, -0.15) is 0 Å². The molecule has 1 heterocycles. The molecule has 3 nitrogen and oxygen atoms in total. The van der Waals surface area contributed by atoms with Crippen LogP contribution in [-0.4, -0.2) is 50.3 Å². The second-order valence-electron chi connectivity index (χ2n) is 5.10. The van der Waals surface area contributed by atoms with Crippen LogP contribution in [0.4, 0.5) is 0 Å². The van der Waals surface area contributed by atoms with Crippen LogP contribution in [0.5, 0.6) is 0 Å². The molecule has 0 saturated carbocycles. The van der Waals surface area contributed by atoms with Gasteiger partial charge < -0.3 is 10.1 Å². The maximum Gasteiger partial charge on any atom is 0.0620 e. The van der Waals surface area contributed by atoms with Gasteiger partial charge in [0.2, 0.25) is 0 Å². The molecule has 0 aliphatic carbocycles. The zero-order chi connectivity index (χ0) is 12.0. The van der Waals surface area contributed by atoms with Crippen molar-refractivity contribution in [1.82, 2.24) is 10.2 Å². The van der Waals surface area contributed by atoms with Gasteiger partial charge in [-0.15, -0.1) is 0 Å². The number of piperidine rings is 1. The largest absolute Gasteiger partial charge is 0.383 e. The van der Waals surface area contributed by atoms with Crippen molar-refractivity contribution in [2.75, 3.05) is 33.4 Å². The maximum absolute atomic E-state index is 5.38. The number of methoxy groups -OCH3 is 1. The van der Waals surface area contributed by atoms with Gasteiger partial charge in [0.05, 0.1) is 6.61 Å². The Balaban J connectivity index is 2.60. The zero-order valence-electron chi connectivity index (χ0n) is 11.3. The van der Waals surface area contributed by atoms with Crippen LogP contribution < -0.4 is 5.32 Å². The van der Waals surface area contributed by atoms with Gasteiger partial charge in [0.15, 0.2) is 0 Å². The topological polar surface area (TPSA) is 24.5 Å². The Morgan fingerprint density at radius 1 is 1.44 bits per heavy atom. The lowest BCUT2D eigenvalue weighted by molar-refractivity contribution is 0.0321. The van der Waals surface area contributed by atoms with Gasteiger partial charge in [0.1, 0.15) is 0 Å². The molecule has 0 aromatic rings. The lowest BCUT2D eigenvalue weighted by Crippen LogP contribution is -2.53. The highest BCUT2D eigenvalue weighted by Gasteiger charge is 2.28. The molecule has 2 atom stereocenters. The molecule has 0 radical (unpaired) electrons. The van der Waals surface area contributed by atoms with Crippen LogP contribution in [0.2, 0.25) is 0 Å². The molecule has 3 heteroatoms. The van der Waals surface area contributed by atoms with Crippen LogP contribution in [-0.2, 0) is 4.74 Å². The van der Waals surface area contributed by atoms with E-state index < -0.39 is 0 Å². The Labute approximate surface area is 101 Å². The first-order chi connectivity index (χ1) is 7.70. The van der Waals surface area contributed by atoms with Gasteiger partial charge >= 0.3 is 0 Å². The van der Waals surface area contributed by atoms with E-state index in [9.17, 15) is 0 Å². The first-order valence-electron chi connectivity index (χ1n) is 6.66. The van der Waals surface area contributed by atoms with Crippen molar-refractivity contribution in [3.8, 4) is 0 Å². The SMILES string of the molecule is CCN(C1CCCNC1)C(COC)C(C)C. The van der Waals surface area contributed by atoms with E-state index in [2.05, 4.69) is 31.0 Å². The minimum absolute atomic E-state index is 0.555. The first-order valence-corrected chi connectivity index (χ1v) is 6.66. The first kappa shape index (κ1) is 13.9. The molecule has 1 aliphatic rings. The Morgan fingerprint density at radius 2 is 2.19 bits per heavy atom. The summed E-state index contributed by atoms with van der Waals surface area (Å²) in [5.41, 5.74) is 0. The molecule has 0 aromatic carbocycles. The molecule has 0 aromatic heterocycles. The molecule has 16 heavy (non-hydrogen) atoms. The summed E-state index contributed by atoms with van der Waals surface area (Å²) >= 11 is 0. The molecule has 1 N–H and O–H groups in total. The minimum atomic E-state index is 0.555. The number of hydrogen-bond donors (Lipinski definition) is 1. The van der Waals surface area contributed by atoms with Crippen molar-refractivity contribution < 1.29 is 4.74 Å². The number of nitrogens with zero attached hydrogens (tertiary/aromatic N) is 1. The summed E-state index contributed by atoms with van der Waals surface area (Å²) in [4.78, 5) is 2.63. The van der Waals surface area contributed by atoms with E-state index in [1.165, 1.54) is 19.4 Å². The third-order valence-corrected chi connectivity index (χ3v) is 3.64. The molecule has 0 bridgehead atoms. The van der Waals surface area contributed by atoms with Gasteiger partial charge in [0, 0.05) is 25.7 Å². The van der Waals surface area contributed by atoms with Crippen LogP contribution in [0, 0.1) is 5.92 Å². The molecular formula is C13H28N2O. The van der Waals surface area contributed by atoms with Gasteiger partial charge in [0.25, 0.3) is 0 Å². The van der Waals surface area contributed by atoms with Crippen molar-refractivity contribution in [1.29, 1.82) is 0 Å². The van der Waals surface area contributed by atoms with Crippen molar-refractivity contribution in [3.05, 3.63) is 0 Å². The highest BCUT2D eigenvalue weighted by Crippen LogP contribution is 2.18. The van der Waals surface area contributed by atoms with Crippen LogP contribution in [0.25, 0.3) is 0 Å².